The molecule has 0 spiro atoms. The van der Waals surface area contributed by atoms with Gasteiger partial charge in [0, 0.05) is 5.56 Å². The highest BCUT2D eigenvalue weighted by Crippen LogP contribution is 2.27. The van der Waals surface area contributed by atoms with Gasteiger partial charge in [-0.2, -0.15) is 5.26 Å². The van der Waals surface area contributed by atoms with Crippen LogP contribution < -0.4 is 5.32 Å². The number of nitrogens with zero attached hydrogens (tertiary/aromatic N) is 2. The van der Waals surface area contributed by atoms with Crippen LogP contribution in [0.3, 0.4) is 0 Å². The molecule has 1 N–H and O–H groups in total. The van der Waals surface area contributed by atoms with Crippen LogP contribution >= 0.6 is 0 Å². The normalized spacial score (nSPS) is 17.7. The van der Waals surface area contributed by atoms with E-state index in [0.717, 1.165) is 43.4 Å². The lowest BCUT2D eigenvalue weighted by molar-refractivity contribution is -0.122. The summed E-state index contributed by atoms with van der Waals surface area (Å²) < 4.78 is 5.04. The molecule has 5 heteroatoms. The quantitative estimate of drug-likeness (QED) is 0.904. The van der Waals surface area contributed by atoms with Crippen molar-refractivity contribution in [1.82, 2.24) is 10.5 Å². The first-order chi connectivity index (χ1) is 9.06. The summed E-state index contributed by atoms with van der Waals surface area (Å²) in [5, 5.41) is 16.1. The maximum Gasteiger partial charge on any atom is 0.225 e. The molecule has 1 fully saturated rings. The number of carbonyl (C=O) groups excluding carboxylic acids is 1. The summed E-state index contributed by atoms with van der Waals surface area (Å²) >= 11 is 0. The molecule has 0 aromatic carbocycles. The molecule has 0 bridgehead atoms. The monoisotopic (exact) mass is 261 g/mol. The van der Waals surface area contributed by atoms with Crippen LogP contribution in [0.5, 0.6) is 0 Å². The van der Waals surface area contributed by atoms with E-state index >= 15 is 0 Å². The van der Waals surface area contributed by atoms with Gasteiger partial charge in [-0.05, 0) is 26.7 Å². The number of nitrogens with one attached hydrogen (secondary N) is 1. The van der Waals surface area contributed by atoms with E-state index in [1.54, 1.807) is 6.92 Å². The maximum atomic E-state index is 12.1. The van der Waals surface area contributed by atoms with Gasteiger partial charge in [-0.25, -0.2) is 0 Å². The van der Waals surface area contributed by atoms with E-state index in [9.17, 15) is 10.1 Å². The van der Waals surface area contributed by atoms with Crippen LogP contribution in [0.1, 0.15) is 49.1 Å². The number of amides is 1. The van der Waals surface area contributed by atoms with Crippen LogP contribution in [0.15, 0.2) is 4.52 Å². The Hall–Kier alpha value is -1.83. The summed E-state index contributed by atoms with van der Waals surface area (Å²) in [4.78, 5) is 12.1. The van der Waals surface area contributed by atoms with Gasteiger partial charge in [0.05, 0.1) is 18.2 Å². The van der Waals surface area contributed by atoms with Crippen molar-refractivity contribution in [3.63, 3.8) is 0 Å². The SMILES string of the molecule is Cc1noc(C)c1CC(=O)NC1(C#N)CCCCC1. The van der Waals surface area contributed by atoms with Gasteiger partial charge < -0.3 is 9.84 Å². The molecule has 1 saturated carbocycles. The van der Waals surface area contributed by atoms with Crippen molar-refractivity contribution in [2.75, 3.05) is 0 Å². The molecule has 5 nitrogen and oxygen atoms in total. The maximum absolute atomic E-state index is 12.1. The molecule has 1 aliphatic rings. The summed E-state index contributed by atoms with van der Waals surface area (Å²) in [5.41, 5.74) is 0.887. The van der Waals surface area contributed by atoms with Crippen molar-refractivity contribution in [2.24, 2.45) is 0 Å². The zero-order chi connectivity index (χ0) is 13.9. The minimum atomic E-state index is -0.672. The molecule has 0 unspecified atom stereocenters. The topological polar surface area (TPSA) is 78.9 Å². The number of aromatic nitrogens is 1. The van der Waals surface area contributed by atoms with E-state index in [0.29, 0.717) is 5.76 Å². The lowest BCUT2D eigenvalue weighted by Gasteiger charge is -2.31. The third-order valence-electron chi connectivity index (χ3n) is 3.82. The Balaban J connectivity index is 2.03. The first-order valence-corrected chi connectivity index (χ1v) is 6.70. The van der Waals surface area contributed by atoms with Crippen molar-refractivity contribution >= 4 is 5.91 Å². The van der Waals surface area contributed by atoms with E-state index in [-0.39, 0.29) is 12.3 Å². The van der Waals surface area contributed by atoms with E-state index < -0.39 is 5.54 Å². The van der Waals surface area contributed by atoms with Crippen molar-refractivity contribution in [3.8, 4) is 6.07 Å². The van der Waals surface area contributed by atoms with Gasteiger partial charge in [0.1, 0.15) is 11.3 Å². The van der Waals surface area contributed by atoms with Crippen LogP contribution in [0.2, 0.25) is 0 Å². The second kappa shape index (κ2) is 5.43. The molecule has 0 atom stereocenters. The summed E-state index contributed by atoms with van der Waals surface area (Å²) in [7, 11) is 0. The minimum Gasteiger partial charge on any atom is -0.361 e. The smallest absolute Gasteiger partial charge is 0.225 e. The van der Waals surface area contributed by atoms with Gasteiger partial charge in [0.15, 0.2) is 0 Å². The zero-order valence-electron chi connectivity index (χ0n) is 11.5. The number of carbonyl (C=O) groups is 1. The van der Waals surface area contributed by atoms with Gasteiger partial charge in [0.2, 0.25) is 5.91 Å². The molecule has 0 saturated heterocycles. The van der Waals surface area contributed by atoms with Crippen molar-refractivity contribution < 1.29 is 9.32 Å². The van der Waals surface area contributed by atoms with E-state index in [4.69, 9.17) is 4.52 Å². The summed E-state index contributed by atoms with van der Waals surface area (Å²) in [5.74, 6) is 0.542. The molecule has 19 heavy (non-hydrogen) atoms. The van der Waals surface area contributed by atoms with Gasteiger partial charge >= 0.3 is 0 Å². The fourth-order valence-corrected chi connectivity index (χ4v) is 2.65. The largest absolute Gasteiger partial charge is 0.361 e. The lowest BCUT2D eigenvalue weighted by atomic mass is 9.82. The Morgan fingerprint density at radius 1 is 1.42 bits per heavy atom. The van der Waals surface area contributed by atoms with Crippen molar-refractivity contribution in [2.45, 2.75) is 57.9 Å². The zero-order valence-corrected chi connectivity index (χ0v) is 11.5. The molecule has 1 aromatic heterocycles. The Labute approximate surface area is 113 Å². The van der Waals surface area contributed by atoms with Gasteiger partial charge in [-0.1, -0.05) is 24.4 Å². The minimum absolute atomic E-state index is 0.127. The van der Waals surface area contributed by atoms with Crippen molar-refractivity contribution in [1.29, 1.82) is 5.26 Å². The second-order valence-electron chi connectivity index (χ2n) is 5.28. The van der Waals surface area contributed by atoms with Crippen LogP contribution in [-0.4, -0.2) is 16.6 Å². The number of hydrogen-bond acceptors (Lipinski definition) is 4. The molecular formula is C14H19N3O2. The van der Waals surface area contributed by atoms with Crippen molar-refractivity contribution in [3.05, 3.63) is 17.0 Å². The molecule has 1 aliphatic carbocycles. The Kier molecular flexibility index (Phi) is 3.89. The third kappa shape index (κ3) is 2.95. The highest BCUT2D eigenvalue weighted by Gasteiger charge is 2.33. The summed E-state index contributed by atoms with van der Waals surface area (Å²) in [6.07, 6.45) is 4.86. The van der Waals surface area contributed by atoms with Crippen LogP contribution in [0, 0.1) is 25.2 Å². The summed E-state index contributed by atoms with van der Waals surface area (Å²) in [6.45, 7) is 3.61. The molecule has 2 rings (SSSR count). The van der Waals surface area contributed by atoms with Gasteiger partial charge in [-0.15, -0.1) is 0 Å². The highest BCUT2D eigenvalue weighted by molar-refractivity contribution is 5.80. The Bertz CT molecular complexity index is 488. The molecule has 0 radical (unpaired) electrons. The average Bonchev–Trinajstić information content (AvgIpc) is 2.71. The predicted octanol–water partition coefficient (Wildman–Crippen LogP) is 2.18. The van der Waals surface area contributed by atoms with Gasteiger partial charge in [0.25, 0.3) is 0 Å². The van der Waals surface area contributed by atoms with E-state index in [1.165, 1.54) is 0 Å². The van der Waals surface area contributed by atoms with Crippen LogP contribution in [0.25, 0.3) is 0 Å². The highest BCUT2D eigenvalue weighted by atomic mass is 16.5. The average molecular weight is 261 g/mol. The van der Waals surface area contributed by atoms with Gasteiger partial charge in [-0.3, -0.25) is 4.79 Å². The third-order valence-corrected chi connectivity index (χ3v) is 3.82. The fraction of sp³-hybridized carbons (Fsp3) is 0.643. The van der Waals surface area contributed by atoms with E-state index in [2.05, 4.69) is 16.5 Å². The van der Waals surface area contributed by atoms with Crippen LogP contribution in [0.4, 0.5) is 0 Å². The molecule has 0 aliphatic heterocycles. The number of rotatable bonds is 3. The predicted molar refractivity (Wildman–Crippen MR) is 69.3 cm³/mol. The van der Waals surface area contributed by atoms with E-state index in [1.807, 2.05) is 6.92 Å². The Morgan fingerprint density at radius 3 is 2.63 bits per heavy atom. The molecule has 1 heterocycles. The summed E-state index contributed by atoms with van der Waals surface area (Å²) in [6, 6.07) is 2.29. The number of hydrogen-bond donors (Lipinski definition) is 1. The lowest BCUT2D eigenvalue weighted by Crippen LogP contribution is -2.49. The standard InChI is InChI=1S/C14H19N3O2/c1-10-12(11(2)19-17-10)8-13(18)16-14(9-15)6-4-3-5-7-14/h3-8H2,1-2H3,(H,16,18). The molecule has 1 amide bonds. The second-order valence-corrected chi connectivity index (χ2v) is 5.28. The molecule has 1 aromatic rings. The molecule has 102 valence electrons. The number of aryl methyl sites for hydroxylation is 2. The Morgan fingerprint density at radius 2 is 2.11 bits per heavy atom. The first-order valence-electron chi connectivity index (χ1n) is 6.70. The molecular weight excluding hydrogens is 242 g/mol. The van der Waals surface area contributed by atoms with Crippen LogP contribution in [-0.2, 0) is 11.2 Å². The number of nitriles is 1. The fourth-order valence-electron chi connectivity index (χ4n) is 2.65. The first kappa shape index (κ1) is 13.6.